The van der Waals surface area contributed by atoms with Crippen molar-refractivity contribution in [1.29, 1.82) is 0 Å². The second kappa shape index (κ2) is 13.5. The minimum atomic E-state index is -0.945. The van der Waals surface area contributed by atoms with Crippen molar-refractivity contribution in [3.8, 4) is 0 Å². The van der Waals surface area contributed by atoms with Crippen molar-refractivity contribution < 1.29 is 27.9 Å². The molecule has 6 nitrogen and oxygen atoms in total. The molecule has 0 saturated heterocycles. The van der Waals surface area contributed by atoms with Crippen LogP contribution in [0.3, 0.4) is 0 Å². The van der Waals surface area contributed by atoms with Gasteiger partial charge in [-0.15, -0.1) is 0 Å². The SMILES string of the molecule is COC(=O)CC(C)(C)CCCS(=O)CCCS(=O)CCCC(C)(C)CC(=O)O. The third-order valence-electron chi connectivity index (χ3n) is 4.68. The Bertz CT molecular complexity index is 543. The van der Waals surface area contributed by atoms with E-state index in [4.69, 9.17) is 9.84 Å². The molecule has 2 unspecified atom stereocenters. The first-order chi connectivity index (χ1) is 12.9. The van der Waals surface area contributed by atoms with Gasteiger partial charge in [0.15, 0.2) is 0 Å². The number of carbonyl (C=O) groups excluding carboxylic acids is 1. The molecule has 0 aliphatic carbocycles. The summed E-state index contributed by atoms with van der Waals surface area (Å²) in [5.74, 6) is 1.23. The molecule has 0 fully saturated rings. The molecule has 0 saturated carbocycles. The fourth-order valence-electron chi connectivity index (χ4n) is 3.06. The van der Waals surface area contributed by atoms with Gasteiger partial charge >= 0.3 is 11.9 Å². The zero-order valence-electron chi connectivity index (χ0n) is 18.1. The van der Waals surface area contributed by atoms with E-state index in [-0.39, 0.29) is 23.2 Å². The minimum Gasteiger partial charge on any atom is -0.481 e. The van der Waals surface area contributed by atoms with Gasteiger partial charge in [0, 0.05) is 44.6 Å². The van der Waals surface area contributed by atoms with E-state index in [1.54, 1.807) is 0 Å². The molecule has 0 bridgehead atoms. The normalized spacial score (nSPS) is 14.5. The van der Waals surface area contributed by atoms with Crippen LogP contribution in [0.15, 0.2) is 0 Å². The Hall–Kier alpha value is -0.760. The van der Waals surface area contributed by atoms with Crippen LogP contribution in [0, 0.1) is 10.8 Å². The maximum absolute atomic E-state index is 12.1. The van der Waals surface area contributed by atoms with Gasteiger partial charge in [0.1, 0.15) is 0 Å². The largest absolute Gasteiger partial charge is 0.481 e. The molecule has 0 aromatic carbocycles. The maximum Gasteiger partial charge on any atom is 0.306 e. The van der Waals surface area contributed by atoms with E-state index in [2.05, 4.69) is 0 Å². The monoisotopic (exact) mass is 438 g/mol. The van der Waals surface area contributed by atoms with E-state index in [0.29, 0.717) is 35.9 Å². The molecule has 8 heteroatoms. The number of carbonyl (C=O) groups is 2. The third kappa shape index (κ3) is 15.2. The molecule has 2 atom stereocenters. The first-order valence-corrected chi connectivity index (χ1v) is 12.8. The molecule has 0 heterocycles. The quantitative estimate of drug-likeness (QED) is 0.370. The van der Waals surface area contributed by atoms with E-state index in [0.717, 1.165) is 25.7 Å². The fourth-order valence-corrected chi connectivity index (χ4v) is 5.51. The van der Waals surface area contributed by atoms with Crippen LogP contribution < -0.4 is 0 Å². The Morgan fingerprint density at radius 2 is 1.18 bits per heavy atom. The molecule has 0 rings (SSSR count). The lowest BCUT2D eigenvalue weighted by Gasteiger charge is -2.22. The molecule has 0 aromatic rings. The summed E-state index contributed by atoms with van der Waals surface area (Å²) in [6.45, 7) is 7.85. The zero-order valence-corrected chi connectivity index (χ0v) is 19.7. The highest BCUT2D eigenvalue weighted by molar-refractivity contribution is 7.85. The molecule has 0 spiro atoms. The van der Waals surface area contributed by atoms with E-state index in [1.807, 2.05) is 27.7 Å². The Labute approximate surface area is 175 Å². The fraction of sp³-hybridized carbons (Fsp3) is 0.900. The van der Waals surface area contributed by atoms with Crippen molar-refractivity contribution in [3.05, 3.63) is 0 Å². The van der Waals surface area contributed by atoms with Crippen molar-refractivity contribution >= 4 is 33.5 Å². The summed E-state index contributed by atoms with van der Waals surface area (Å²) in [7, 11) is -0.489. The Balaban J connectivity index is 3.89. The van der Waals surface area contributed by atoms with Crippen LogP contribution in [-0.2, 0) is 35.9 Å². The summed E-state index contributed by atoms with van der Waals surface area (Å²) in [4.78, 5) is 22.2. The van der Waals surface area contributed by atoms with E-state index in [1.165, 1.54) is 7.11 Å². The van der Waals surface area contributed by atoms with E-state index < -0.39 is 27.6 Å². The van der Waals surface area contributed by atoms with Gasteiger partial charge in [-0.25, -0.2) is 0 Å². The van der Waals surface area contributed by atoms with Crippen LogP contribution >= 0.6 is 0 Å². The molecular formula is C20H38O6S2. The number of hydrogen-bond donors (Lipinski definition) is 1. The van der Waals surface area contributed by atoms with Gasteiger partial charge in [0.05, 0.1) is 20.0 Å². The van der Waals surface area contributed by atoms with Crippen LogP contribution in [0.2, 0.25) is 0 Å². The molecule has 28 heavy (non-hydrogen) atoms. The third-order valence-corrected chi connectivity index (χ3v) is 7.65. The van der Waals surface area contributed by atoms with Crippen molar-refractivity contribution in [2.75, 3.05) is 30.1 Å². The molecule has 0 radical (unpaired) electrons. The molecule has 0 aliphatic rings. The highest BCUT2D eigenvalue weighted by Gasteiger charge is 2.23. The number of hydrogen-bond acceptors (Lipinski definition) is 5. The van der Waals surface area contributed by atoms with Gasteiger partial charge in [0.25, 0.3) is 0 Å². The number of esters is 1. The van der Waals surface area contributed by atoms with Crippen LogP contribution in [0.1, 0.15) is 72.6 Å². The predicted molar refractivity (Wildman–Crippen MR) is 115 cm³/mol. The number of ether oxygens (including phenoxy) is 1. The Kier molecular flexibility index (Phi) is 13.1. The number of aliphatic carboxylic acids is 1. The number of carboxylic acid groups (broad SMARTS) is 1. The predicted octanol–water partition coefficient (Wildman–Crippen LogP) is 3.52. The second-order valence-electron chi connectivity index (χ2n) is 8.91. The molecule has 0 aliphatic heterocycles. The summed E-state index contributed by atoms with van der Waals surface area (Å²) in [5.41, 5.74) is -0.438. The average molecular weight is 439 g/mol. The van der Waals surface area contributed by atoms with Crippen LogP contribution in [0.5, 0.6) is 0 Å². The second-order valence-corrected chi connectivity index (χ2v) is 12.3. The van der Waals surface area contributed by atoms with Crippen molar-refractivity contribution in [1.82, 2.24) is 0 Å². The standard InChI is InChI=1S/C20H38O6S2/c1-19(2,15-17(21)22)9-6-11-27(24)13-8-14-28(25)12-7-10-20(3,4)16-18(23)26-5/h6-16H2,1-5H3,(H,21,22). The summed E-state index contributed by atoms with van der Waals surface area (Å²) in [5, 5.41) is 8.87. The first kappa shape index (κ1) is 27.2. The topological polar surface area (TPSA) is 97.7 Å². The van der Waals surface area contributed by atoms with Crippen molar-refractivity contribution in [2.45, 2.75) is 72.6 Å². The average Bonchev–Trinajstić information content (AvgIpc) is 2.52. The molecule has 0 amide bonds. The lowest BCUT2D eigenvalue weighted by molar-refractivity contribution is -0.143. The van der Waals surface area contributed by atoms with Gasteiger partial charge < -0.3 is 9.84 Å². The Morgan fingerprint density at radius 1 is 0.786 bits per heavy atom. The van der Waals surface area contributed by atoms with Gasteiger partial charge in [-0.2, -0.15) is 0 Å². The molecule has 1 N–H and O–H groups in total. The first-order valence-electron chi connectivity index (χ1n) is 9.85. The van der Waals surface area contributed by atoms with E-state index in [9.17, 15) is 18.0 Å². The highest BCUT2D eigenvalue weighted by Crippen LogP contribution is 2.27. The summed E-state index contributed by atoms with van der Waals surface area (Å²) < 4.78 is 28.9. The van der Waals surface area contributed by atoms with Crippen molar-refractivity contribution in [2.24, 2.45) is 10.8 Å². The van der Waals surface area contributed by atoms with E-state index >= 15 is 0 Å². The summed E-state index contributed by atoms with van der Waals surface area (Å²) >= 11 is 0. The Morgan fingerprint density at radius 3 is 1.57 bits per heavy atom. The maximum atomic E-state index is 12.1. The van der Waals surface area contributed by atoms with Crippen LogP contribution in [-0.4, -0.2) is 55.6 Å². The summed E-state index contributed by atoms with van der Waals surface area (Å²) in [6, 6.07) is 0. The number of carboxylic acids is 1. The number of rotatable bonds is 16. The number of methoxy groups -OCH3 is 1. The zero-order chi connectivity index (χ0) is 21.8. The summed E-state index contributed by atoms with van der Waals surface area (Å²) in [6.07, 6.45) is 4.23. The lowest BCUT2D eigenvalue weighted by Crippen LogP contribution is -2.19. The van der Waals surface area contributed by atoms with Gasteiger partial charge in [0.2, 0.25) is 0 Å². The highest BCUT2D eigenvalue weighted by atomic mass is 32.2. The lowest BCUT2D eigenvalue weighted by atomic mass is 9.85. The van der Waals surface area contributed by atoms with Gasteiger partial charge in [-0.3, -0.25) is 18.0 Å². The van der Waals surface area contributed by atoms with Crippen LogP contribution in [0.4, 0.5) is 0 Å². The smallest absolute Gasteiger partial charge is 0.306 e. The molecule has 166 valence electrons. The van der Waals surface area contributed by atoms with Gasteiger partial charge in [-0.05, 0) is 42.9 Å². The molecule has 0 aromatic heterocycles. The molecular weight excluding hydrogens is 400 g/mol. The van der Waals surface area contributed by atoms with Crippen molar-refractivity contribution in [3.63, 3.8) is 0 Å². The van der Waals surface area contributed by atoms with Crippen LogP contribution in [0.25, 0.3) is 0 Å². The van der Waals surface area contributed by atoms with Gasteiger partial charge in [-0.1, -0.05) is 27.7 Å². The minimum absolute atomic E-state index is 0.120.